The van der Waals surface area contributed by atoms with Crippen LogP contribution in [0.15, 0.2) is 23.7 Å². The Morgan fingerprint density at radius 1 is 1.21 bits per heavy atom. The summed E-state index contributed by atoms with van der Waals surface area (Å²) < 4.78 is 0. The van der Waals surface area contributed by atoms with Crippen molar-refractivity contribution in [3.63, 3.8) is 0 Å². The number of hydrogen-bond donors (Lipinski definition) is 1. The normalized spacial score (nSPS) is 15.0. The molecule has 1 N–H and O–H groups in total. The third-order valence-electron chi connectivity index (χ3n) is 3.67. The summed E-state index contributed by atoms with van der Waals surface area (Å²) in [6.07, 6.45) is 6.05. The molecule has 0 saturated heterocycles. The first-order chi connectivity index (χ1) is 9.34. The van der Waals surface area contributed by atoms with Gasteiger partial charge in [0.1, 0.15) is 0 Å². The highest BCUT2D eigenvalue weighted by Crippen LogP contribution is 2.27. The Bertz CT molecular complexity index is 552. The fourth-order valence-electron chi connectivity index (χ4n) is 2.70. The number of fused-ring (bicyclic) bond motifs is 1. The van der Waals surface area contributed by atoms with Gasteiger partial charge in [0, 0.05) is 23.0 Å². The summed E-state index contributed by atoms with van der Waals surface area (Å²) in [5, 5.41) is 7.60. The molecule has 0 radical (unpaired) electrons. The zero-order chi connectivity index (χ0) is 13.1. The van der Waals surface area contributed by atoms with Crippen LogP contribution in [0.25, 0.3) is 0 Å². The van der Waals surface area contributed by atoms with E-state index in [1.165, 1.54) is 21.7 Å². The molecule has 1 aromatic heterocycles. The van der Waals surface area contributed by atoms with Crippen molar-refractivity contribution in [1.29, 1.82) is 0 Å². The lowest BCUT2D eigenvalue weighted by atomic mass is 9.94. The van der Waals surface area contributed by atoms with Crippen LogP contribution in [0.1, 0.15) is 21.7 Å². The maximum atomic E-state index is 6.42. The van der Waals surface area contributed by atoms with Crippen molar-refractivity contribution < 1.29 is 0 Å². The van der Waals surface area contributed by atoms with Crippen LogP contribution < -0.4 is 5.32 Å². The van der Waals surface area contributed by atoms with Crippen molar-refractivity contribution in [2.24, 2.45) is 0 Å². The lowest BCUT2D eigenvalue weighted by Gasteiger charge is -2.13. The summed E-state index contributed by atoms with van der Waals surface area (Å²) in [5.74, 6) is 0. The molecule has 2 aromatic rings. The van der Waals surface area contributed by atoms with E-state index in [0.29, 0.717) is 0 Å². The molecule has 0 unspecified atom stereocenters. The molecule has 0 amide bonds. The average molecular weight is 293 g/mol. The van der Waals surface area contributed by atoms with Crippen LogP contribution in [-0.2, 0) is 25.7 Å². The first-order valence-electron chi connectivity index (χ1n) is 6.73. The number of thiazole rings is 1. The lowest BCUT2D eigenvalue weighted by Crippen LogP contribution is -2.16. The van der Waals surface area contributed by atoms with Crippen molar-refractivity contribution in [2.75, 3.05) is 13.1 Å². The largest absolute Gasteiger partial charge is 0.316 e. The zero-order valence-corrected chi connectivity index (χ0v) is 12.4. The van der Waals surface area contributed by atoms with Crippen molar-refractivity contribution in [3.8, 4) is 0 Å². The molecule has 0 atom stereocenters. The highest BCUT2D eigenvalue weighted by Gasteiger charge is 2.14. The molecular weight excluding hydrogens is 276 g/mol. The van der Waals surface area contributed by atoms with Gasteiger partial charge in [0.05, 0.1) is 5.01 Å². The number of nitrogens with zero attached hydrogens (tertiary/aromatic N) is 1. The molecule has 4 heteroatoms. The fraction of sp³-hybridized carbons (Fsp3) is 0.400. The summed E-state index contributed by atoms with van der Waals surface area (Å²) in [6, 6.07) is 4.25. The van der Waals surface area contributed by atoms with E-state index in [-0.39, 0.29) is 0 Å². The van der Waals surface area contributed by atoms with Crippen molar-refractivity contribution in [3.05, 3.63) is 50.4 Å². The smallest absolute Gasteiger partial charge is 0.0928 e. The molecule has 0 saturated carbocycles. The second-order valence-corrected chi connectivity index (χ2v) is 6.23. The Morgan fingerprint density at radius 3 is 2.95 bits per heavy atom. The predicted octanol–water partition coefficient (Wildman–Crippen LogP) is 3.27. The molecule has 1 aliphatic heterocycles. The van der Waals surface area contributed by atoms with E-state index in [9.17, 15) is 0 Å². The zero-order valence-electron chi connectivity index (χ0n) is 10.8. The van der Waals surface area contributed by atoms with Gasteiger partial charge >= 0.3 is 0 Å². The summed E-state index contributed by atoms with van der Waals surface area (Å²) in [5.41, 5.74) is 4.26. The van der Waals surface area contributed by atoms with Crippen LogP contribution in [-0.4, -0.2) is 18.1 Å². The Morgan fingerprint density at radius 2 is 2.11 bits per heavy atom. The van der Waals surface area contributed by atoms with Crippen LogP contribution in [0.3, 0.4) is 0 Å². The van der Waals surface area contributed by atoms with Gasteiger partial charge in [-0.25, -0.2) is 4.98 Å². The molecule has 100 valence electrons. The molecule has 1 aliphatic rings. The van der Waals surface area contributed by atoms with Gasteiger partial charge in [0.15, 0.2) is 0 Å². The molecule has 0 fully saturated rings. The minimum Gasteiger partial charge on any atom is -0.316 e. The van der Waals surface area contributed by atoms with Gasteiger partial charge in [0.2, 0.25) is 0 Å². The number of hydrogen-bond acceptors (Lipinski definition) is 3. The summed E-state index contributed by atoms with van der Waals surface area (Å²) in [4.78, 5) is 4.35. The van der Waals surface area contributed by atoms with Crippen molar-refractivity contribution in [2.45, 2.75) is 25.7 Å². The van der Waals surface area contributed by atoms with Gasteiger partial charge in [-0.2, -0.15) is 0 Å². The van der Waals surface area contributed by atoms with Crippen LogP contribution in [0.5, 0.6) is 0 Å². The van der Waals surface area contributed by atoms with Crippen LogP contribution in [0.4, 0.5) is 0 Å². The van der Waals surface area contributed by atoms with E-state index in [4.69, 9.17) is 11.6 Å². The van der Waals surface area contributed by atoms with E-state index in [0.717, 1.165) is 43.8 Å². The van der Waals surface area contributed by atoms with E-state index < -0.39 is 0 Å². The molecule has 3 rings (SSSR count). The third-order valence-corrected chi connectivity index (χ3v) is 4.86. The highest BCUT2D eigenvalue weighted by molar-refractivity contribution is 7.09. The van der Waals surface area contributed by atoms with Gasteiger partial charge in [-0.3, -0.25) is 0 Å². The van der Waals surface area contributed by atoms with Crippen molar-refractivity contribution in [1.82, 2.24) is 10.3 Å². The molecule has 2 nitrogen and oxygen atoms in total. The number of halogens is 1. The van der Waals surface area contributed by atoms with Gasteiger partial charge < -0.3 is 5.32 Å². The summed E-state index contributed by atoms with van der Waals surface area (Å²) in [7, 11) is 0. The molecule has 2 heterocycles. The van der Waals surface area contributed by atoms with Gasteiger partial charge in [-0.15, -0.1) is 11.3 Å². The Labute approximate surface area is 122 Å². The van der Waals surface area contributed by atoms with E-state index in [2.05, 4.69) is 22.4 Å². The topological polar surface area (TPSA) is 24.9 Å². The minimum absolute atomic E-state index is 0.914. The van der Waals surface area contributed by atoms with Crippen LogP contribution >= 0.6 is 22.9 Å². The second kappa shape index (κ2) is 6.04. The number of aryl methyl sites for hydroxylation is 1. The maximum Gasteiger partial charge on any atom is 0.0928 e. The molecule has 0 aliphatic carbocycles. The standard InChI is InChI=1S/C15H17ClN2S/c16-14-3-1-11-5-7-17-8-6-12(11)13(14)2-4-15-18-9-10-19-15/h1,3,9-10,17H,2,4-8H2. The van der Waals surface area contributed by atoms with Gasteiger partial charge in [-0.05, 0) is 55.1 Å². The second-order valence-electron chi connectivity index (χ2n) is 4.84. The quantitative estimate of drug-likeness (QED) is 0.939. The van der Waals surface area contributed by atoms with Gasteiger partial charge in [0.25, 0.3) is 0 Å². The van der Waals surface area contributed by atoms with E-state index in [1.807, 2.05) is 11.6 Å². The predicted molar refractivity (Wildman–Crippen MR) is 81.3 cm³/mol. The highest BCUT2D eigenvalue weighted by atomic mass is 35.5. The third kappa shape index (κ3) is 2.99. The number of nitrogens with one attached hydrogen (secondary N) is 1. The Kier molecular flexibility index (Phi) is 4.16. The van der Waals surface area contributed by atoms with Crippen molar-refractivity contribution >= 4 is 22.9 Å². The average Bonchev–Trinajstić information content (AvgIpc) is 2.82. The van der Waals surface area contributed by atoms with E-state index >= 15 is 0 Å². The monoisotopic (exact) mass is 292 g/mol. The number of rotatable bonds is 3. The molecular formula is C15H17ClN2S. The molecule has 1 aromatic carbocycles. The Hall–Kier alpha value is -0.900. The Balaban J connectivity index is 1.86. The van der Waals surface area contributed by atoms with Gasteiger partial charge in [-0.1, -0.05) is 17.7 Å². The fourth-order valence-corrected chi connectivity index (χ4v) is 3.59. The summed E-state index contributed by atoms with van der Waals surface area (Å²) in [6.45, 7) is 2.12. The lowest BCUT2D eigenvalue weighted by molar-refractivity contribution is 0.709. The molecule has 0 bridgehead atoms. The van der Waals surface area contributed by atoms with E-state index in [1.54, 1.807) is 11.3 Å². The number of aromatic nitrogens is 1. The van der Waals surface area contributed by atoms with Crippen LogP contribution in [0, 0.1) is 0 Å². The van der Waals surface area contributed by atoms with Crippen LogP contribution in [0.2, 0.25) is 5.02 Å². The molecule has 0 spiro atoms. The SMILES string of the molecule is Clc1ccc2c(c1CCc1nccs1)CCNCC2. The first-order valence-corrected chi connectivity index (χ1v) is 7.98. The minimum atomic E-state index is 0.914. The molecule has 19 heavy (non-hydrogen) atoms. The maximum absolute atomic E-state index is 6.42. The first kappa shape index (κ1) is 13.1. The summed E-state index contributed by atoms with van der Waals surface area (Å²) >= 11 is 8.14. The number of benzene rings is 1.